The van der Waals surface area contributed by atoms with Gasteiger partial charge in [0.25, 0.3) is 0 Å². The lowest BCUT2D eigenvalue weighted by molar-refractivity contribution is 0.322. The van der Waals surface area contributed by atoms with Crippen molar-refractivity contribution in [3.05, 3.63) is 35.9 Å². The zero-order valence-electron chi connectivity index (χ0n) is 6.91. The zero-order valence-corrected chi connectivity index (χ0v) is 7.81. The van der Waals surface area contributed by atoms with Crippen LogP contribution in [0.1, 0.15) is 24.6 Å². The van der Waals surface area contributed by atoms with E-state index in [0.717, 1.165) is 17.7 Å². The molecule has 0 radical (unpaired) electrons. The number of halogens is 1. The molecule has 1 unspecified atom stereocenters. The van der Waals surface area contributed by atoms with Crippen LogP contribution in [0.15, 0.2) is 30.3 Å². The smallest absolute Gasteiger partial charge is 0.125 e. The van der Waals surface area contributed by atoms with E-state index in [9.17, 15) is 4.39 Å². The van der Waals surface area contributed by atoms with Crippen molar-refractivity contribution in [1.29, 1.82) is 0 Å². The van der Waals surface area contributed by atoms with Crippen molar-refractivity contribution in [3.63, 3.8) is 0 Å². The maximum absolute atomic E-state index is 13.3. The third-order valence-electron chi connectivity index (χ3n) is 1.78. The monoisotopic (exact) mass is 184 g/mol. The van der Waals surface area contributed by atoms with Gasteiger partial charge in [-0.25, -0.2) is 4.39 Å². The Morgan fingerprint density at radius 1 is 1.25 bits per heavy atom. The van der Waals surface area contributed by atoms with Gasteiger partial charge in [0.2, 0.25) is 0 Å². The summed E-state index contributed by atoms with van der Waals surface area (Å²) in [5, 5.41) is 0. The first-order valence-electron chi connectivity index (χ1n) is 4.14. The minimum absolute atomic E-state index is 0.577. The van der Waals surface area contributed by atoms with E-state index in [2.05, 4.69) is 12.6 Å². The minimum atomic E-state index is -0.821. The van der Waals surface area contributed by atoms with Crippen molar-refractivity contribution in [1.82, 2.24) is 0 Å². The van der Waals surface area contributed by atoms with Crippen LogP contribution >= 0.6 is 12.6 Å². The molecule has 0 aliphatic carbocycles. The first kappa shape index (κ1) is 9.59. The van der Waals surface area contributed by atoms with Crippen LogP contribution in [0.5, 0.6) is 0 Å². The van der Waals surface area contributed by atoms with Crippen LogP contribution in [0.3, 0.4) is 0 Å². The predicted octanol–water partition coefficient (Wildman–Crippen LogP) is 3.41. The summed E-state index contributed by atoms with van der Waals surface area (Å²) in [6.07, 6.45) is 0.588. The average Bonchev–Trinajstić information content (AvgIpc) is 2.15. The summed E-state index contributed by atoms with van der Waals surface area (Å²) in [5.41, 5.74) is 0.777. The summed E-state index contributed by atoms with van der Waals surface area (Å²) in [6.45, 7) is 0. The lowest BCUT2D eigenvalue weighted by Gasteiger charge is -2.06. The molecular formula is C10H13FS. The number of thiol groups is 1. The summed E-state index contributed by atoms with van der Waals surface area (Å²) >= 11 is 4.04. The Hall–Kier alpha value is -0.500. The van der Waals surface area contributed by atoms with Gasteiger partial charge in [-0.1, -0.05) is 30.3 Å². The number of hydrogen-bond donors (Lipinski definition) is 1. The first-order chi connectivity index (χ1) is 5.84. The van der Waals surface area contributed by atoms with Crippen LogP contribution in [0.2, 0.25) is 0 Å². The Bertz CT molecular complexity index is 210. The standard InChI is InChI=1S/C10H13FS/c11-10(7-4-8-12)9-5-2-1-3-6-9/h1-3,5-6,10,12H,4,7-8H2. The summed E-state index contributed by atoms with van der Waals surface area (Å²) in [5.74, 6) is 0.757. The van der Waals surface area contributed by atoms with E-state index in [-0.39, 0.29) is 0 Å². The normalized spacial score (nSPS) is 12.8. The fourth-order valence-corrected chi connectivity index (χ4v) is 1.28. The Morgan fingerprint density at radius 2 is 1.92 bits per heavy atom. The number of alkyl halides is 1. The van der Waals surface area contributed by atoms with E-state index >= 15 is 0 Å². The molecule has 1 rings (SSSR count). The lowest BCUT2D eigenvalue weighted by Crippen LogP contribution is -1.91. The number of rotatable bonds is 4. The highest BCUT2D eigenvalue weighted by Gasteiger charge is 2.06. The molecule has 0 fully saturated rings. The molecule has 0 aromatic heterocycles. The molecule has 0 spiro atoms. The second kappa shape index (κ2) is 5.20. The maximum Gasteiger partial charge on any atom is 0.125 e. The maximum atomic E-state index is 13.3. The molecule has 0 saturated heterocycles. The molecular weight excluding hydrogens is 171 g/mol. The molecule has 1 aromatic rings. The van der Waals surface area contributed by atoms with Crippen LogP contribution in [0, 0.1) is 0 Å². The Labute approximate surface area is 78.2 Å². The van der Waals surface area contributed by atoms with Gasteiger partial charge in [-0.05, 0) is 24.2 Å². The van der Waals surface area contributed by atoms with Crippen molar-refractivity contribution < 1.29 is 4.39 Å². The summed E-state index contributed by atoms with van der Waals surface area (Å²) in [6, 6.07) is 9.27. The van der Waals surface area contributed by atoms with Gasteiger partial charge in [0.05, 0.1) is 0 Å². The molecule has 12 heavy (non-hydrogen) atoms. The zero-order chi connectivity index (χ0) is 8.81. The minimum Gasteiger partial charge on any atom is -0.242 e. The summed E-state index contributed by atoms with van der Waals surface area (Å²) in [7, 11) is 0. The highest BCUT2D eigenvalue weighted by molar-refractivity contribution is 7.80. The summed E-state index contributed by atoms with van der Waals surface area (Å²) in [4.78, 5) is 0. The van der Waals surface area contributed by atoms with Gasteiger partial charge >= 0.3 is 0 Å². The van der Waals surface area contributed by atoms with Crippen LogP contribution in [0.25, 0.3) is 0 Å². The molecule has 0 heterocycles. The van der Waals surface area contributed by atoms with Gasteiger partial charge in [0.15, 0.2) is 0 Å². The van der Waals surface area contributed by atoms with Crippen molar-refractivity contribution in [2.45, 2.75) is 19.0 Å². The van der Waals surface area contributed by atoms with Gasteiger partial charge in [0, 0.05) is 0 Å². The highest BCUT2D eigenvalue weighted by Crippen LogP contribution is 2.22. The molecule has 0 aliphatic rings. The van der Waals surface area contributed by atoms with Crippen molar-refractivity contribution in [2.75, 3.05) is 5.75 Å². The Balaban J connectivity index is 2.48. The molecule has 2 heteroatoms. The number of benzene rings is 1. The molecule has 0 N–H and O–H groups in total. The third-order valence-corrected chi connectivity index (χ3v) is 2.09. The van der Waals surface area contributed by atoms with Crippen LogP contribution < -0.4 is 0 Å². The second-order valence-electron chi connectivity index (χ2n) is 2.74. The molecule has 1 aromatic carbocycles. The number of hydrogen-bond acceptors (Lipinski definition) is 1. The van der Waals surface area contributed by atoms with Gasteiger partial charge in [-0.2, -0.15) is 12.6 Å². The van der Waals surface area contributed by atoms with Gasteiger partial charge < -0.3 is 0 Å². The van der Waals surface area contributed by atoms with Gasteiger partial charge in [-0.3, -0.25) is 0 Å². The quantitative estimate of drug-likeness (QED) is 0.681. The van der Waals surface area contributed by atoms with Crippen molar-refractivity contribution >= 4 is 12.6 Å². The van der Waals surface area contributed by atoms with E-state index in [0.29, 0.717) is 6.42 Å². The molecule has 66 valence electrons. The predicted molar refractivity (Wildman–Crippen MR) is 53.4 cm³/mol. The molecule has 0 bridgehead atoms. The lowest BCUT2D eigenvalue weighted by atomic mass is 10.1. The Kier molecular flexibility index (Phi) is 4.15. The molecule has 0 saturated carbocycles. The fourth-order valence-electron chi connectivity index (χ4n) is 1.10. The molecule has 1 atom stereocenters. The topological polar surface area (TPSA) is 0 Å². The Morgan fingerprint density at radius 3 is 2.50 bits per heavy atom. The highest BCUT2D eigenvalue weighted by atomic mass is 32.1. The van der Waals surface area contributed by atoms with E-state index in [4.69, 9.17) is 0 Å². The van der Waals surface area contributed by atoms with Crippen molar-refractivity contribution in [3.8, 4) is 0 Å². The van der Waals surface area contributed by atoms with Gasteiger partial charge in [-0.15, -0.1) is 0 Å². The average molecular weight is 184 g/mol. The molecule has 0 aliphatic heterocycles. The SMILES string of the molecule is FC(CCCS)c1ccccc1. The van der Waals surface area contributed by atoms with Crippen LogP contribution in [-0.2, 0) is 0 Å². The van der Waals surface area contributed by atoms with Crippen molar-refractivity contribution in [2.24, 2.45) is 0 Å². The molecule has 0 amide bonds. The van der Waals surface area contributed by atoms with E-state index in [1.807, 2.05) is 30.3 Å². The first-order valence-corrected chi connectivity index (χ1v) is 4.77. The largest absolute Gasteiger partial charge is 0.242 e. The van der Waals surface area contributed by atoms with E-state index in [1.165, 1.54) is 0 Å². The van der Waals surface area contributed by atoms with E-state index in [1.54, 1.807) is 0 Å². The van der Waals surface area contributed by atoms with Crippen LogP contribution in [-0.4, -0.2) is 5.75 Å². The van der Waals surface area contributed by atoms with E-state index < -0.39 is 6.17 Å². The second-order valence-corrected chi connectivity index (χ2v) is 3.19. The van der Waals surface area contributed by atoms with Crippen LogP contribution in [0.4, 0.5) is 4.39 Å². The fraction of sp³-hybridized carbons (Fsp3) is 0.400. The molecule has 0 nitrogen and oxygen atoms in total. The summed E-state index contributed by atoms with van der Waals surface area (Å²) < 4.78 is 13.3. The third kappa shape index (κ3) is 2.86. The van der Waals surface area contributed by atoms with Gasteiger partial charge in [0.1, 0.15) is 6.17 Å².